The maximum atomic E-state index is 14.2. The van der Waals surface area contributed by atoms with E-state index in [1.165, 1.54) is 6.92 Å². The summed E-state index contributed by atoms with van der Waals surface area (Å²) in [5, 5.41) is 39.1. The van der Waals surface area contributed by atoms with Crippen molar-refractivity contribution in [2.24, 2.45) is 56.8 Å². The number of amides is 7. The van der Waals surface area contributed by atoms with Crippen LogP contribution < -0.4 is 83.1 Å². The first-order chi connectivity index (χ1) is 34.2. The van der Waals surface area contributed by atoms with Gasteiger partial charge in [0, 0.05) is 6.54 Å². The highest BCUT2D eigenvalue weighted by Gasteiger charge is 2.36. The van der Waals surface area contributed by atoms with Crippen molar-refractivity contribution >= 4 is 53.3 Å². The molecular formula is C46H92N16O10. The van der Waals surface area contributed by atoms with Gasteiger partial charge in [-0.2, -0.15) is 0 Å². The first-order valence-electron chi connectivity index (χ1n) is 25.6. The molecule has 0 rings (SSSR count). The Morgan fingerprint density at radius 2 is 0.764 bits per heavy atom. The Bertz CT molecular complexity index is 1660. The highest BCUT2D eigenvalue weighted by molar-refractivity contribution is 5.97. The monoisotopic (exact) mass is 1030 g/mol. The van der Waals surface area contributed by atoms with Crippen LogP contribution in [0.4, 0.5) is 0 Å². The van der Waals surface area contributed by atoms with Gasteiger partial charge in [0.25, 0.3) is 0 Å². The molecule has 0 bridgehead atoms. The number of carboxylic acids is 1. The lowest BCUT2D eigenvalue weighted by atomic mass is 9.96. The van der Waals surface area contributed by atoms with Gasteiger partial charge in [0.2, 0.25) is 41.4 Å². The SMILES string of the molecule is CC[C@H](C)[C@H](NC(=O)[C@H](CCCCN)NC(=O)[C@H](CCCCN)NC(=O)[C@H](CCCCN)NC(=O)[C@@H](NC(=O)[C@H](CCCCN)NC(=O)[C@@H](N)CCCN=C(N)N)[C@@H](C)O)C(=O)N[C@@H](CCCCN)C(=O)O. The van der Waals surface area contributed by atoms with Crippen LogP contribution in [0, 0.1) is 5.92 Å². The Kier molecular flexibility index (Phi) is 36.4. The summed E-state index contributed by atoms with van der Waals surface area (Å²) < 4.78 is 0. The topological polar surface area (TPSA) is 482 Å². The molecule has 0 unspecified atom stereocenters. The van der Waals surface area contributed by atoms with Crippen LogP contribution in [0.25, 0.3) is 0 Å². The number of aliphatic hydroxyl groups is 1. The molecular weight excluding hydrogens is 937 g/mol. The molecule has 0 aromatic carbocycles. The summed E-state index contributed by atoms with van der Waals surface area (Å²) in [4.78, 5) is 113. The fraction of sp³-hybridized carbons (Fsp3) is 0.804. The maximum Gasteiger partial charge on any atom is 0.326 e. The lowest BCUT2D eigenvalue weighted by molar-refractivity contribution is -0.143. The fourth-order valence-electron chi connectivity index (χ4n) is 7.41. The molecule has 25 N–H and O–H groups in total. The first kappa shape index (κ1) is 66.8. The summed E-state index contributed by atoms with van der Waals surface area (Å²) in [6.07, 6.45) is 4.44. The summed E-state index contributed by atoms with van der Waals surface area (Å²) >= 11 is 0. The van der Waals surface area contributed by atoms with Gasteiger partial charge in [-0.25, -0.2) is 4.79 Å². The smallest absolute Gasteiger partial charge is 0.326 e. The van der Waals surface area contributed by atoms with Crippen LogP contribution in [0.1, 0.15) is 136 Å². The van der Waals surface area contributed by atoms with Crippen molar-refractivity contribution < 1.29 is 48.6 Å². The molecule has 0 spiro atoms. The highest BCUT2D eigenvalue weighted by atomic mass is 16.4. The first-order valence-corrected chi connectivity index (χ1v) is 25.6. The van der Waals surface area contributed by atoms with E-state index in [0.29, 0.717) is 96.7 Å². The third-order valence-corrected chi connectivity index (χ3v) is 12.0. The molecule has 0 aliphatic rings. The quantitative estimate of drug-likeness (QED) is 0.0157. The van der Waals surface area contributed by atoms with E-state index < -0.39 is 108 Å². The number of rotatable bonds is 42. The standard InChI is InChI=1S/C46H92N16O10/c1-4-28(2)36(43(69)60-35(45(71)72)21-9-14-26-51)61-41(67)34(20-8-13-25-50)58-39(65)31(17-5-10-22-47)57-40(66)32(18-6-11-23-48)59-44(70)37(29(3)63)62-42(68)33(19-7-12-24-49)56-38(64)30(52)16-15-27-55-46(53)54/h28-37,63H,4-27,47-52H2,1-3H3,(H,56,64)(H,57,66)(H,58,65)(H,59,70)(H,60,69)(H,61,67)(H,62,68)(H,71,72)(H4,53,54,55)/t28-,29+,30-,31-,32-,33-,34-,35-,36-,37-/m0/s1. The van der Waals surface area contributed by atoms with Crippen molar-refractivity contribution in [3.8, 4) is 0 Å². The lowest BCUT2D eigenvalue weighted by Crippen LogP contribution is -2.61. The predicted molar refractivity (Wildman–Crippen MR) is 275 cm³/mol. The fourth-order valence-corrected chi connectivity index (χ4v) is 7.41. The minimum atomic E-state index is -1.62. The Morgan fingerprint density at radius 3 is 1.11 bits per heavy atom. The highest BCUT2D eigenvalue weighted by Crippen LogP contribution is 2.13. The molecule has 0 aromatic rings. The third-order valence-electron chi connectivity index (χ3n) is 12.0. The number of unbranched alkanes of at least 4 members (excludes halogenated alkanes) is 5. The summed E-state index contributed by atoms with van der Waals surface area (Å²) in [5.41, 5.74) is 45.3. The second kappa shape index (κ2) is 39.3. The largest absolute Gasteiger partial charge is 0.480 e. The number of hydrogen-bond donors (Lipinski definition) is 17. The third kappa shape index (κ3) is 28.1. The Hall–Kier alpha value is -5.25. The van der Waals surface area contributed by atoms with Gasteiger partial charge in [0.1, 0.15) is 42.3 Å². The number of nitrogens with two attached hydrogens (primary N) is 8. The van der Waals surface area contributed by atoms with E-state index in [-0.39, 0.29) is 64.1 Å². The molecule has 7 amide bonds. The lowest BCUT2D eigenvalue weighted by Gasteiger charge is -2.29. The average Bonchev–Trinajstić information content (AvgIpc) is 3.33. The molecule has 26 nitrogen and oxygen atoms in total. The molecule has 0 aliphatic carbocycles. The second-order valence-corrected chi connectivity index (χ2v) is 18.2. The molecule has 0 radical (unpaired) electrons. The Labute approximate surface area is 425 Å². The average molecular weight is 1030 g/mol. The van der Waals surface area contributed by atoms with Gasteiger partial charge in [-0.15, -0.1) is 0 Å². The van der Waals surface area contributed by atoms with E-state index in [9.17, 15) is 48.6 Å². The van der Waals surface area contributed by atoms with Crippen LogP contribution in [0.3, 0.4) is 0 Å². The van der Waals surface area contributed by atoms with Gasteiger partial charge in [-0.3, -0.25) is 38.6 Å². The van der Waals surface area contributed by atoms with Gasteiger partial charge < -0.3 is 93.3 Å². The minimum absolute atomic E-state index is 0.0319. The Balaban J connectivity index is 6.62. The molecule has 0 saturated carbocycles. The van der Waals surface area contributed by atoms with Gasteiger partial charge >= 0.3 is 5.97 Å². The molecule has 72 heavy (non-hydrogen) atoms. The molecule has 0 aliphatic heterocycles. The zero-order valence-corrected chi connectivity index (χ0v) is 43.0. The van der Waals surface area contributed by atoms with E-state index in [0.717, 1.165) is 0 Å². The molecule has 416 valence electrons. The summed E-state index contributed by atoms with van der Waals surface area (Å²) in [5.74, 6) is -7.16. The number of aliphatic carboxylic acids is 1. The molecule has 0 saturated heterocycles. The van der Waals surface area contributed by atoms with Crippen LogP contribution in [0.2, 0.25) is 0 Å². The number of aliphatic hydroxyl groups excluding tert-OH is 1. The van der Waals surface area contributed by atoms with Crippen molar-refractivity contribution in [1.29, 1.82) is 0 Å². The number of guanidine groups is 1. The summed E-state index contributed by atoms with van der Waals surface area (Å²) in [6, 6.07) is -10.0. The number of hydrogen-bond acceptors (Lipinski definition) is 16. The Morgan fingerprint density at radius 1 is 0.444 bits per heavy atom. The van der Waals surface area contributed by atoms with Crippen molar-refractivity contribution in [3.05, 3.63) is 0 Å². The second-order valence-electron chi connectivity index (χ2n) is 18.2. The minimum Gasteiger partial charge on any atom is -0.480 e. The molecule has 0 fully saturated rings. The van der Waals surface area contributed by atoms with Crippen molar-refractivity contribution in [2.45, 2.75) is 191 Å². The maximum absolute atomic E-state index is 14.2. The van der Waals surface area contributed by atoms with E-state index in [2.05, 4.69) is 42.2 Å². The van der Waals surface area contributed by atoms with Crippen LogP contribution in [-0.2, 0) is 38.4 Å². The normalized spacial score (nSPS) is 15.4. The van der Waals surface area contributed by atoms with E-state index in [1.807, 2.05) is 0 Å². The summed E-state index contributed by atoms with van der Waals surface area (Å²) in [6.45, 7) is 6.51. The number of nitrogens with one attached hydrogen (secondary N) is 7. The molecule has 10 atom stereocenters. The number of aliphatic imine (C=N–C) groups is 1. The van der Waals surface area contributed by atoms with Gasteiger partial charge in [-0.1, -0.05) is 20.3 Å². The van der Waals surface area contributed by atoms with Crippen LogP contribution >= 0.6 is 0 Å². The van der Waals surface area contributed by atoms with Crippen LogP contribution in [0.5, 0.6) is 0 Å². The van der Waals surface area contributed by atoms with Crippen molar-refractivity contribution in [1.82, 2.24) is 37.2 Å². The molecule has 26 heteroatoms. The zero-order valence-electron chi connectivity index (χ0n) is 43.0. The molecule has 0 aromatic heterocycles. The number of carbonyl (C=O) groups excluding carboxylic acids is 7. The number of nitrogens with zero attached hydrogens (tertiary/aromatic N) is 1. The van der Waals surface area contributed by atoms with Crippen LogP contribution in [-0.4, -0.2) is 157 Å². The van der Waals surface area contributed by atoms with E-state index >= 15 is 0 Å². The van der Waals surface area contributed by atoms with E-state index in [4.69, 9.17) is 45.9 Å². The number of carboxylic acid groups (broad SMARTS) is 1. The van der Waals surface area contributed by atoms with Crippen molar-refractivity contribution in [3.63, 3.8) is 0 Å². The van der Waals surface area contributed by atoms with Crippen molar-refractivity contribution in [2.75, 3.05) is 39.3 Å². The zero-order chi connectivity index (χ0) is 54.6. The van der Waals surface area contributed by atoms with Gasteiger partial charge in [0.15, 0.2) is 5.96 Å². The predicted octanol–water partition coefficient (Wildman–Crippen LogP) is -4.08. The van der Waals surface area contributed by atoms with Gasteiger partial charge in [-0.05, 0) is 155 Å². The van der Waals surface area contributed by atoms with Crippen LogP contribution in [0.15, 0.2) is 4.99 Å². The molecule has 0 heterocycles. The summed E-state index contributed by atoms with van der Waals surface area (Å²) in [7, 11) is 0. The number of carbonyl (C=O) groups is 8. The van der Waals surface area contributed by atoms with E-state index in [1.54, 1.807) is 13.8 Å². The van der Waals surface area contributed by atoms with Gasteiger partial charge in [0.05, 0.1) is 12.1 Å².